The van der Waals surface area contributed by atoms with Crippen LogP contribution < -0.4 is 0 Å². The number of nitriles is 2. The van der Waals surface area contributed by atoms with Crippen molar-refractivity contribution in [2.45, 2.75) is 103 Å². The monoisotopic (exact) mass is 811 g/mol. The lowest BCUT2D eigenvalue weighted by Gasteiger charge is -2.42. The lowest BCUT2D eigenvalue weighted by molar-refractivity contribution is 0.588. The Labute approximate surface area is 369 Å². The zero-order valence-electron chi connectivity index (χ0n) is 37.8. The molecule has 304 valence electrons. The number of fused-ring (bicyclic) bond motifs is 14. The van der Waals surface area contributed by atoms with Gasteiger partial charge in [-0.05, 0) is 118 Å². The zero-order chi connectivity index (χ0) is 43.6. The van der Waals surface area contributed by atoms with Gasteiger partial charge >= 0.3 is 0 Å². The average molecular weight is 812 g/mol. The maximum atomic E-state index is 11.3. The molecule has 5 aliphatic rings. The molecule has 14 rings (SSSR count). The standard InChI is InChI=1S/C60H49N3/c1-57(2,3)32-19-21-42-38(25-32)50-48-41-27-40-46-34-15-11-13-17-36(34)47(37-18-14-12-16-35(37)46)49(40)53-52-45(63(56(41)53)44(48)23-30(28-61)54(50)59(42,7)8)24-31(29-62)55-51(52)39-26-33(58(4,5)6)20-22-43(39)60(55,9)10/h11-27,46-47H,1-10H3. The molecule has 3 heteroatoms. The molecule has 63 heavy (non-hydrogen) atoms. The van der Waals surface area contributed by atoms with E-state index in [2.05, 4.69) is 189 Å². The largest absolute Gasteiger partial charge is 0.308 e. The van der Waals surface area contributed by atoms with E-state index in [1.165, 1.54) is 105 Å². The topological polar surface area (TPSA) is 52.0 Å². The first kappa shape index (κ1) is 36.9. The second-order valence-corrected chi connectivity index (χ2v) is 22.2. The smallest absolute Gasteiger partial charge is 0.0995 e. The number of aromatic nitrogens is 1. The van der Waals surface area contributed by atoms with Crippen LogP contribution in [0.15, 0.2) is 103 Å². The summed E-state index contributed by atoms with van der Waals surface area (Å²) in [4.78, 5) is 0. The van der Waals surface area contributed by atoms with Gasteiger partial charge in [-0.15, -0.1) is 0 Å². The van der Waals surface area contributed by atoms with Gasteiger partial charge in [-0.25, -0.2) is 0 Å². The van der Waals surface area contributed by atoms with Crippen molar-refractivity contribution in [2.75, 3.05) is 0 Å². The zero-order valence-corrected chi connectivity index (χ0v) is 37.8. The molecule has 0 atom stereocenters. The molecular weight excluding hydrogens is 763 g/mol. The Kier molecular flexibility index (Phi) is 6.61. The van der Waals surface area contributed by atoms with Gasteiger partial charge in [0.2, 0.25) is 0 Å². The van der Waals surface area contributed by atoms with Crippen LogP contribution in [0.4, 0.5) is 0 Å². The van der Waals surface area contributed by atoms with E-state index in [1.54, 1.807) is 0 Å². The van der Waals surface area contributed by atoms with E-state index >= 15 is 0 Å². The van der Waals surface area contributed by atoms with Crippen molar-refractivity contribution in [3.05, 3.63) is 181 Å². The first-order valence-electron chi connectivity index (χ1n) is 22.7. The van der Waals surface area contributed by atoms with E-state index in [4.69, 9.17) is 0 Å². The number of nitrogens with zero attached hydrogens (tertiary/aromatic N) is 3. The van der Waals surface area contributed by atoms with Crippen molar-refractivity contribution >= 4 is 38.1 Å². The quantitative estimate of drug-likeness (QED) is 0.153. The summed E-state index contributed by atoms with van der Waals surface area (Å²) < 4.78 is 2.48. The fourth-order valence-electron chi connectivity index (χ4n) is 13.4. The van der Waals surface area contributed by atoms with Crippen molar-refractivity contribution in [2.24, 2.45) is 0 Å². The van der Waals surface area contributed by atoms with Gasteiger partial charge in [-0.1, -0.05) is 154 Å². The lowest BCUT2D eigenvalue weighted by atomic mass is 9.60. The van der Waals surface area contributed by atoms with Crippen molar-refractivity contribution in [3.8, 4) is 34.4 Å². The van der Waals surface area contributed by atoms with Gasteiger partial charge in [0, 0.05) is 44.2 Å². The molecule has 0 amide bonds. The average Bonchev–Trinajstić information content (AvgIpc) is 3.92. The molecule has 0 spiro atoms. The molecule has 0 N–H and O–H groups in total. The van der Waals surface area contributed by atoms with E-state index in [9.17, 15) is 10.5 Å². The third-order valence-corrected chi connectivity index (χ3v) is 16.2. The number of hydrogen-bond acceptors (Lipinski definition) is 2. The summed E-state index contributed by atoms with van der Waals surface area (Å²) in [5, 5.41) is 27.5. The minimum atomic E-state index is -0.387. The molecule has 0 aliphatic heterocycles. The minimum absolute atomic E-state index is 0.0460. The van der Waals surface area contributed by atoms with E-state index in [-0.39, 0.29) is 33.5 Å². The highest BCUT2D eigenvalue weighted by Gasteiger charge is 2.47. The van der Waals surface area contributed by atoms with Crippen molar-refractivity contribution < 1.29 is 0 Å². The summed E-state index contributed by atoms with van der Waals surface area (Å²) in [5.74, 6) is 0.121. The highest BCUT2D eigenvalue weighted by molar-refractivity contribution is 6.31. The molecule has 0 saturated heterocycles. The molecule has 5 aliphatic carbocycles. The van der Waals surface area contributed by atoms with Crippen LogP contribution in [0, 0.1) is 22.7 Å². The second kappa shape index (κ2) is 11.3. The lowest BCUT2D eigenvalue weighted by Crippen LogP contribution is -2.27. The molecule has 0 unspecified atom stereocenters. The number of hydrogen-bond donors (Lipinski definition) is 0. The van der Waals surface area contributed by atoms with E-state index in [0.29, 0.717) is 0 Å². The van der Waals surface area contributed by atoms with Crippen LogP contribution in [0.5, 0.6) is 0 Å². The highest BCUT2D eigenvalue weighted by Crippen LogP contribution is 2.64. The van der Waals surface area contributed by atoms with Gasteiger partial charge in [0.15, 0.2) is 0 Å². The molecule has 2 heterocycles. The van der Waals surface area contributed by atoms with E-state index < -0.39 is 0 Å². The number of rotatable bonds is 0. The summed E-state index contributed by atoms with van der Waals surface area (Å²) in [6.07, 6.45) is 0. The third kappa shape index (κ3) is 4.21. The Morgan fingerprint density at radius 3 is 1.41 bits per heavy atom. The van der Waals surface area contributed by atoms with Crippen LogP contribution in [0.2, 0.25) is 0 Å². The normalized spacial score (nSPS) is 18.2. The first-order valence-corrected chi connectivity index (χ1v) is 22.7. The van der Waals surface area contributed by atoms with Gasteiger partial charge < -0.3 is 4.40 Å². The van der Waals surface area contributed by atoms with Gasteiger partial charge in [0.25, 0.3) is 0 Å². The van der Waals surface area contributed by atoms with E-state index in [0.717, 1.165) is 33.3 Å². The van der Waals surface area contributed by atoms with Crippen LogP contribution in [0.25, 0.3) is 60.3 Å². The SMILES string of the molecule is CC(C)(C)c1ccc2c(c1)-c1c(c(C#N)cc3c1c1cc4c(c5c6c7c(c(C#N)cc6n3c15)C(C)(C)c1ccc(C(C)(C)C)cc1-7)C1c3ccccc3C4c3ccccc31)C2(C)C. The van der Waals surface area contributed by atoms with Crippen LogP contribution in [-0.4, -0.2) is 4.40 Å². The predicted octanol–water partition coefficient (Wildman–Crippen LogP) is 14.8. The molecule has 7 aromatic carbocycles. The summed E-state index contributed by atoms with van der Waals surface area (Å²) in [6, 6.07) is 44.9. The summed E-state index contributed by atoms with van der Waals surface area (Å²) >= 11 is 0. The van der Waals surface area contributed by atoms with Crippen molar-refractivity contribution in [3.63, 3.8) is 0 Å². The van der Waals surface area contributed by atoms with Gasteiger partial charge in [-0.2, -0.15) is 10.5 Å². The van der Waals surface area contributed by atoms with Gasteiger partial charge in [0.1, 0.15) is 0 Å². The molecule has 0 saturated carbocycles. The molecular formula is C60H49N3. The molecule has 0 radical (unpaired) electrons. The molecule has 2 bridgehead atoms. The Hall–Kier alpha value is -6.68. The van der Waals surface area contributed by atoms with Crippen molar-refractivity contribution in [1.82, 2.24) is 4.40 Å². The molecule has 2 aromatic heterocycles. The third-order valence-electron chi connectivity index (χ3n) is 16.2. The predicted molar refractivity (Wildman–Crippen MR) is 258 cm³/mol. The van der Waals surface area contributed by atoms with E-state index in [1.807, 2.05) is 0 Å². The number of benzene rings is 7. The molecule has 3 nitrogen and oxygen atoms in total. The first-order chi connectivity index (χ1) is 30.0. The fourth-order valence-corrected chi connectivity index (χ4v) is 13.4. The highest BCUT2D eigenvalue weighted by atomic mass is 14.9. The molecule has 0 fully saturated rings. The second-order valence-electron chi connectivity index (χ2n) is 22.2. The van der Waals surface area contributed by atoms with Crippen LogP contribution in [-0.2, 0) is 21.7 Å². The van der Waals surface area contributed by atoms with Crippen LogP contribution >= 0.6 is 0 Å². The Balaban J connectivity index is 1.31. The Morgan fingerprint density at radius 2 is 0.952 bits per heavy atom. The van der Waals surface area contributed by atoms with Gasteiger partial charge in [0.05, 0.1) is 39.8 Å². The van der Waals surface area contributed by atoms with Gasteiger partial charge in [-0.3, -0.25) is 0 Å². The minimum Gasteiger partial charge on any atom is -0.308 e. The van der Waals surface area contributed by atoms with Crippen molar-refractivity contribution in [1.29, 1.82) is 10.5 Å². The Morgan fingerprint density at radius 1 is 0.508 bits per heavy atom. The summed E-state index contributed by atoms with van der Waals surface area (Å²) in [6.45, 7) is 23.0. The summed E-state index contributed by atoms with van der Waals surface area (Å²) in [5.41, 5.74) is 24.4. The fraction of sp³-hybridized carbons (Fsp3) is 0.267. The maximum absolute atomic E-state index is 11.3. The van der Waals surface area contributed by atoms with Crippen LogP contribution in [0.1, 0.15) is 159 Å². The summed E-state index contributed by atoms with van der Waals surface area (Å²) in [7, 11) is 0. The maximum Gasteiger partial charge on any atom is 0.0995 e. The molecule has 9 aromatic rings. The van der Waals surface area contributed by atoms with Crippen LogP contribution in [0.3, 0.4) is 0 Å². The Bertz CT molecular complexity index is 3680.